The van der Waals surface area contributed by atoms with Crippen LogP contribution in [0.2, 0.25) is 0 Å². The minimum atomic E-state index is -4.18. The first kappa shape index (κ1) is 12.0. The molecule has 6 heteroatoms. The van der Waals surface area contributed by atoms with Crippen molar-refractivity contribution in [1.82, 2.24) is 14.9 Å². The predicted molar refractivity (Wildman–Crippen MR) is 60.1 cm³/mol. The molecule has 1 aromatic heterocycles. The lowest BCUT2D eigenvalue weighted by Crippen LogP contribution is -2.38. The van der Waals surface area contributed by atoms with Gasteiger partial charge >= 0.3 is 6.18 Å². The first-order valence-electron chi connectivity index (χ1n) is 6.37. The lowest BCUT2D eigenvalue weighted by atomic mass is 10.0. The van der Waals surface area contributed by atoms with Crippen LogP contribution in [0, 0.1) is 0 Å². The molecule has 2 aliphatic rings. The highest BCUT2D eigenvalue weighted by atomic mass is 19.4. The molecule has 3 nitrogen and oxygen atoms in total. The van der Waals surface area contributed by atoms with E-state index in [2.05, 4.69) is 10.3 Å². The smallest absolute Gasteiger partial charge is 0.318 e. The number of imidazole rings is 1. The van der Waals surface area contributed by atoms with Crippen LogP contribution in [0.3, 0.4) is 0 Å². The molecule has 1 aliphatic heterocycles. The number of halogens is 3. The molecule has 18 heavy (non-hydrogen) atoms. The third kappa shape index (κ3) is 1.74. The molecule has 1 saturated heterocycles. The van der Waals surface area contributed by atoms with Crippen molar-refractivity contribution in [3.05, 3.63) is 18.2 Å². The van der Waals surface area contributed by atoms with E-state index in [4.69, 9.17) is 0 Å². The number of piperidine rings is 1. The first-order chi connectivity index (χ1) is 8.55. The molecule has 0 aromatic carbocycles. The van der Waals surface area contributed by atoms with E-state index < -0.39 is 11.7 Å². The van der Waals surface area contributed by atoms with Gasteiger partial charge in [-0.15, -0.1) is 0 Å². The second-order valence-corrected chi connectivity index (χ2v) is 5.22. The number of rotatable bonds is 2. The summed E-state index contributed by atoms with van der Waals surface area (Å²) in [5, 5.41) is 3.29. The third-order valence-corrected chi connectivity index (χ3v) is 4.05. The minimum absolute atomic E-state index is 0.0149. The van der Waals surface area contributed by atoms with E-state index in [9.17, 15) is 13.2 Å². The molecular formula is C12H16F3N3. The highest BCUT2D eigenvalue weighted by Gasteiger charge is 2.65. The molecular weight excluding hydrogens is 243 g/mol. The molecule has 0 amide bonds. The molecule has 2 heterocycles. The van der Waals surface area contributed by atoms with Gasteiger partial charge in [-0.05, 0) is 32.2 Å². The fourth-order valence-electron chi connectivity index (χ4n) is 2.80. The van der Waals surface area contributed by atoms with Crippen LogP contribution in [0.15, 0.2) is 12.5 Å². The van der Waals surface area contributed by atoms with Crippen molar-refractivity contribution in [3.63, 3.8) is 0 Å². The van der Waals surface area contributed by atoms with E-state index >= 15 is 0 Å². The van der Waals surface area contributed by atoms with Crippen LogP contribution in [-0.2, 0) is 5.54 Å². The standard InChI is InChI=1S/C12H16F3N3/c13-12(14,15)11(4-5-11)18-8-16-7-10(18)9-3-1-2-6-17-9/h7-9,17H,1-6H2. The summed E-state index contributed by atoms with van der Waals surface area (Å²) in [5.74, 6) is 0. The summed E-state index contributed by atoms with van der Waals surface area (Å²) in [5.41, 5.74) is -0.998. The molecule has 100 valence electrons. The summed E-state index contributed by atoms with van der Waals surface area (Å²) < 4.78 is 40.8. The molecule has 1 atom stereocenters. The lowest BCUT2D eigenvalue weighted by molar-refractivity contribution is -0.180. The summed E-state index contributed by atoms with van der Waals surface area (Å²) in [4.78, 5) is 3.94. The van der Waals surface area contributed by atoms with Crippen molar-refractivity contribution in [2.75, 3.05) is 6.54 Å². The van der Waals surface area contributed by atoms with Gasteiger partial charge in [0.15, 0.2) is 0 Å². The fraction of sp³-hybridized carbons (Fsp3) is 0.750. The van der Waals surface area contributed by atoms with Gasteiger partial charge in [0, 0.05) is 12.2 Å². The number of nitrogens with zero attached hydrogens (tertiary/aromatic N) is 2. The number of alkyl halides is 3. The maximum absolute atomic E-state index is 13.1. The van der Waals surface area contributed by atoms with Crippen LogP contribution >= 0.6 is 0 Å². The Hall–Kier alpha value is -1.04. The summed E-state index contributed by atoms with van der Waals surface area (Å²) in [6.07, 6.45) is 2.12. The number of nitrogens with one attached hydrogen (secondary N) is 1. The predicted octanol–water partition coefficient (Wildman–Crippen LogP) is 2.75. The lowest BCUT2D eigenvalue weighted by Gasteiger charge is -2.29. The van der Waals surface area contributed by atoms with Gasteiger partial charge in [0.2, 0.25) is 0 Å². The summed E-state index contributed by atoms with van der Waals surface area (Å²) in [6, 6.07) is 0.0149. The maximum atomic E-state index is 13.1. The van der Waals surface area contributed by atoms with Gasteiger partial charge in [0.1, 0.15) is 5.54 Å². The van der Waals surface area contributed by atoms with Crippen molar-refractivity contribution < 1.29 is 13.2 Å². The summed E-state index contributed by atoms with van der Waals surface area (Å²) in [6.45, 7) is 0.870. The van der Waals surface area contributed by atoms with Crippen molar-refractivity contribution in [1.29, 1.82) is 0 Å². The largest absolute Gasteiger partial charge is 0.411 e. The Labute approximate surface area is 103 Å². The zero-order chi connectivity index (χ0) is 12.8. The molecule has 0 spiro atoms. The maximum Gasteiger partial charge on any atom is 0.411 e. The monoisotopic (exact) mass is 259 g/mol. The zero-order valence-electron chi connectivity index (χ0n) is 10.0. The van der Waals surface area contributed by atoms with Gasteiger partial charge in [-0.3, -0.25) is 0 Å². The second kappa shape index (κ2) is 3.98. The number of hydrogen-bond donors (Lipinski definition) is 1. The molecule has 1 unspecified atom stereocenters. The quantitative estimate of drug-likeness (QED) is 0.885. The van der Waals surface area contributed by atoms with Gasteiger partial charge in [-0.1, -0.05) is 6.42 Å². The van der Waals surface area contributed by atoms with Crippen molar-refractivity contribution >= 4 is 0 Å². The van der Waals surface area contributed by atoms with E-state index in [1.165, 1.54) is 10.9 Å². The average molecular weight is 259 g/mol. The Morgan fingerprint density at radius 1 is 1.33 bits per heavy atom. The molecule has 1 saturated carbocycles. The van der Waals surface area contributed by atoms with E-state index in [0.717, 1.165) is 25.8 Å². The molecule has 0 bridgehead atoms. The normalized spacial score (nSPS) is 27.2. The molecule has 1 aromatic rings. The summed E-state index contributed by atoms with van der Waals surface area (Å²) >= 11 is 0. The highest BCUT2D eigenvalue weighted by molar-refractivity contribution is 5.17. The molecule has 2 fully saturated rings. The Kier molecular flexibility index (Phi) is 2.66. The number of hydrogen-bond acceptors (Lipinski definition) is 2. The van der Waals surface area contributed by atoms with E-state index in [0.29, 0.717) is 5.69 Å². The molecule has 1 aliphatic carbocycles. The van der Waals surface area contributed by atoms with Crippen LogP contribution in [0.25, 0.3) is 0 Å². The molecule has 0 radical (unpaired) electrons. The molecule has 3 rings (SSSR count). The Balaban J connectivity index is 1.92. The Bertz CT molecular complexity index is 428. The molecule has 1 N–H and O–H groups in total. The first-order valence-corrected chi connectivity index (χ1v) is 6.37. The topological polar surface area (TPSA) is 29.9 Å². The van der Waals surface area contributed by atoms with Crippen LogP contribution in [0.5, 0.6) is 0 Å². The van der Waals surface area contributed by atoms with Gasteiger partial charge in [0.25, 0.3) is 0 Å². The Morgan fingerprint density at radius 2 is 2.11 bits per heavy atom. The van der Waals surface area contributed by atoms with Crippen LogP contribution in [-0.4, -0.2) is 22.3 Å². The average Bonchev–Trinajstić information content (AvgIpc) is 3.02. The third-order valence-electron chi connectivity index (χ3n) is 4.05. The van der Waals surface area contributed by atoms with Crippen molar-refractivity contribution in [3.8, 4) is 0 Å². The zero-order valence-corrected chi connectivity index (χ0v) is 10.0. The second-order valence-electron chi connectivity index (χ2n) is 5.22. The van der Waals surface area contributed by atoms with Crippen molar-refractivity contribution in [2.24, 2.45) is 0 Å². The van der Waals surface area contributed by atoms with Gasteiger partial charge in [-0.25, -0.2) is 4.98 Å². The SMILES string of the molecule is FC(F)(F)C1(n2cncc2C2CCCCN2)CC1. The van der Waals surface area contributed by atoms with Gasteiger partial charge in [0.05, 0.1) is 12.0 Å². The number of aromatic nitrogens is 2. The minimum Gasteiger partial charge on any atom is -0.318 e. The fourth-order valence-corrected chi connectivity index (χ4v) is 2.80. The highest BCUT2D eigenvalue weighted by Crippen LogP contribution is 2.56. The summed E-state index contributed by atoms with van der Waals surface area (Å²) in [7, 11) is 0. The van der Waals surface area contributed by atoms with E-state index in [-0.39, 0.29) is 18.9 Å². The van der Waals surface area contributed by atoms with Crippen LogP contribution in [0.4, 0.5) is 13.2 Å². The Morgan fingerprint density at radius 3 is 2.67 bits per heavy atom. The van der Waals surface area contributed by atoms with Crippen molar-refractivity contribution in [2.45, 2.75) is 49.9 Å². The van der Waals surface area contributed by atoms with Crippen LogP contribution < -0.4 is 5.32 Å². The van der Waals surface area contributed by atoms with E-state index in [1.807, 2.05) is 0 Å². The van der Waals surface area contributed by atoms with E-state index in [1.54, 1.807) is 6.20 Å². The van der Waals surface area contributed by atoms with Gasteiger partial charge in [-0.2, -0.15) is 13.2 Å². The van der Waals surface area contributed by atoms with Crippen LogP contribution in [0.1, 0.15) is 43.8 Å². The van der Waals surface area contributed by atoms with Gasteiger partial charge < -0.3 is 9.88 Å².